The first-order valence-corrected chi connectivity index (χ1v) is 16.9. The van der Waals surface area contributed by atoms with E-state index in [1.807, 2.05) is 0 Å². The predicted molar refractivity (Wildman–Crippen MR) is 182 cm³/mol. The van der Waals surface area contributed by atoms with E-state index in [-0.39, 0.29) is 37.1 Å². The smallest absolute Gasteiger partial charge is 0.545 e. The third kappa shape index (κ3) is 65.7. The molecule has 0 saturated heterocycles. The molecule has 0 aliphatic rings. The fourth-order valence-electron chi connectivity index (χ4n) is 3.63. The van der Waals surface area contributed by atoms with E-state index in [1.54, 1.807) is 13.8 Å². The Balaban J connectivity index is -0.000000157. The standard InChI is InChI=1S/2C12H25.2C6H8O4.Sn/c2*1-3-5-7-9-11-12-10-8-6-4-2;2*1-2-10-6(9)4-3-5(7)8;/h2*1,3-12H2,2H3;2*3-4H,2H2,1H3,(H,7,8);/q;;;;+2/p-2/b;;2*4-3-;. The van der Waals surface area contributed by atoms with E-state index in [2.05, 4.69) is 37.2 Å². The van der Waals surface area contributed by atoms with Gasteiger partial charge in [-0.25, -0.2) is 9.59 Å². The van der Waals surface area contributed by atoms with Crippen LogP contribution < -0.4 is 10.2 Å². The molecule has 0 heterocycles. The first kappa shape index (κ1) is 52.7. The first-order valence-electron chi connectivity index (χ1n) is 16.9. The molecule has 0 rings (SSSR count). The van der Waals surface area contributed by atoms with Gasteiger partial charge >= 0.3 is 35.8 Å². The number of carbonyl (C=O) groups is 4. The Morgan fingerprint density at radius 3 is 0.911 bits per heavy atom. The van der Waals surface area contributed by atoms with Gasteiger partial charge in [0.15, 0.2) is 0 Å². The second-order valence-electron chi connectivity index (χ2n) is 10.2. The Bertz CT molecular complexity index is 615. The number of unbranched alkanes of at least 4 members (excludes halogenated alkanes) is 18. The molecular weight excluding hydrogens is 679 g/mol. The average molecular weight is 744 g/mol. The number of carboxylic acids is 2. The largest absolute Gasteiger partial charge is 2.00 e. The molecule has 0 unspecified atom stereocenters. The van der Waals surface area contributed by atoms with Crippen LogP contribution in [0.25, 0.3) is 0 Å². The molecule has 0 bridgehead atoms. The Morgan fingerprint density at radius 1 is 0.467 bits per heavy atom. The Labute approximate surface area is 293 Å². The van der Waals surface area contributed by atoms with Crippen molar-refractivity contribution in [1.29, 1.82) is 0 Å². The molecule has 0 aromatic heterocycles. The summed E-state index contributed by atoms with van der Waals surface area (Å²) >= 11 is 0. The van der Waals surface area contributed by atoms with E-state index in [0.717, 1.165) is 25.0 Å². The molecule has 0 aliphatic heterocycles. The normalized spacial score (nSPS) is 9.91. The van der Waals surface area contributed by atoms with E-state index >= 15 is 0 Å². The Morgan fingerprint density at radius 2 is 0.711 bits per heavy atom. The maximum atomic E-state index is 10.3. The van der Waals surface area contributed by atoms with Gasteiger partial charge in [-0.2, -0.15) is 0 Å². The van der Waals surface area contributed by atoms with Crippen molar-refractivity contribution in [3.05, 3.63) is 38.2 Å². The van der Waals surface area contributed by atoms with Crippen molar-refractivity contribution in [2.24, 2.45) is 0 Å². The summed E-state index contributed by atoms with van der Waals surface area (Å²) in [6.45, 7) is 16.0. The zero-order valence-electron chi connectivity index (χ0n) is 29.0. The van der Waals surface area contributed by atoms with E-state index in [0.29, 0.717) is 12.2 Å². The quantitative estimate of drug-likeness (QED) is 0.0456. The summed E-state index contributed by atoms with van der Waals surface area (Å²) in [5.41, 5.74) is 0. The number of hydrogen-bond donors (Lipinski definition) is 0. The number of carbonyl (C=O) groups excluding carboxylic acids is 4. The molecule has 0 atom stereocenters. The number of aliphatic carboxylic acids is 2. The van der Waals surface area contributed by atoms with Crippen LogP contribution in [-0.2, 0) is 28.7 Å². The second-order valence-corrected chi connectivity index (χ2v) is 10.2. The van der Waals surface area contributed by atoms with Gasteiger partial charge in [-0.3, -0.25) is 0 Å². The third-order valence-electron chi connectivity index (χ3n) is 5.99. The molecule has 0 fully saturated rings. The molecule has 45 heavy (non-hydrogen) atoms. The van der Waals surface area contributed by atoms with Crippen molar-refractivity contribution in [3.63, 3.8) is 0 Å². The summed E-state index contributed by atoms with van der Waals surface area (Å²) in [5.74, 6) is -4.17. The second kappa shape index (κ2) is 49.0. The van der Waals surface area contributed by atoms with Gasteiger partial charge in [-0.15, -0.1) is 0 Å². The summed E-state index contributed by atoms with van der Waals surface area (Å²) in [6, 6.07) is 0. The molecule has 0 aliphatic carbocycles. The van der Waals surface area contributed by atoms with Gasteiger partial charge in [0, 0.05) is 12.2 Å². The van der Waals surface area contributed by atoms with Crippen molar-refractivity contribution in [3.8, 4) is 0 Å². The minimum atomic E-state index is -1.41. The van der Waals surface area contributed by atoms with E-state index < -0.39 is 23.9 Å². The average Bonchev–Trinajstić information content (AvgIpc) is 2.99. The summed E-state index contributed by atoms with van der Waals surface area (Å²) in [4.78, 5) is 40.1. The molecule has 8 nitrogen and oxygen atoms in total. The minimum Gasteiger partial charge on any atom is -0.545 e. The van der Waals surface area contributed by atoms with Gasteiger partial charge in [-0.1, -0.05) is 156 Å². The van der Waals surface area contributed by atoms with Gasteiger partial charge in [0.1, 0.15) is 0 Å². The SMILES string of the molecule is CCOC(=O)/C=C\C(=O)[O-].CCOC(=O)/C=C\C(=O)[O-].[CH2]CCCCCCCCCCC.[CH2]CCCCCCCCCCC.[Sn+2]. The van der Waals surface area contributed by atoms with Crippen LogP contribution in [0.2, 0.25) is 0 Å². The molecule has 260 valence electrons. The van der Waals surface area contributed by atoms with Crippen molar-refractivity contribution in [2.75, 3.05) is 13.2 Å². The van der Waals surface area contributed by atoms with E-state index in [9.17, 15) is 29.4 Å². The summed E-state index contributed by atoms with van der Waals surface area (Å²) < 4.78 is 8.75. The number of ether oxygens (including phenoxy) is 2. The Kier molecular flexibility index (Phi) is 57.4. The van der Waals surface area contributed by atoms with E-state index in [1.165, 1.54) is 116 Å². The molecule has 0 aromatic carbocycles. The van der Waals surface area contributed by atoms with Crippen LogP contribution in [0.3, 0.4) is 0 Å². The Hall–Kier alpha value is -1.84. The van der Waals surface area contributed by atoms with Gasteiger partial charge in [-0.05, 0) is 26.0 Å². The van der Waals surface area contributed by atoms with Gasteiger partial charge < -0.3 is 29.3 Å². The zero-order chi connectivity index (χ0) is 34.1. The number of esters is 2. The number of carboxylic acid groups (broad SMARTS) is 2. The summed E-state index contributed by atoms with van der Waals surface area (Å²) in [6.07, 6.45) is 30.6. The fraction of sp³-hybridized carbons (Fsp3) is 0.722. The van der Waals surface area contributed by atoms with Crippen LogP contribution >= 0.6 is 0 Å². The minimum absolute atomic E-state index is 0. The molecular formula is C36H64O8Sn. The maximum Gasteiger partial charge on any atom is 2.00 e. The number of hydrogen-bond acceptors (Lipinski definition) is 8. The fourth-order valence-corrected chi connectivity index (χ4v) is 3.63. The van der Waals surface area contributed by atoms with Gasteiger partial charge in [0.25, 0.3) is 0 Å². The van der Waals surface area contributed by atoms with Crippen LogP contribution in [-0.4, -0.2) is 61.0 Å². The third-order valence-corrected chi connectivity index (χ3v) is 5.99. The van der Waals surface area contributed by atoms with Gasteiger partial charge in [0.05, 0.1) is 25.2 Å². The van der Waals surface area contributed by atoms with Crippen LogP contribution in [0, 0.1) is 13.8 Å². The molecule has 0 saturated carbocycles. The molecule has 0 amide bonds. The maximum absolute atomic E-state index is 10.3. The molecule has 0 spiro atoms. The number of rotatable bonds is 24. The van der Waals surface area contributed by atoms with Crippen molar-refractivity contribution in [1.82, 2.24) is 0 Å². The molecule has 0 aromatic rings. The van der Waals surface area contributed by atoms with Crippen LogP contribution in [0.4, 0.5) is 0 Å². The topological polar surface area (TPSA) is 133 Å². The first-order chi connectivity index (χ1) is 21.2. The van der Waals surface area contributed by atoms with Gasteiger partial charge in [0.2, 0.25) is 0 Å². The molecule has 9 heteroatoms. The van der Waals surface area contributed by atoms with Crippen molar-refractivity contribution in [2.45, 2.75) is 156 Å². The van der Waals surface area contributed by atoms with Crippen LogP contribution in [0.5, 0.6) is 0 Å². The van der Waals surface area contributed by atoms with Crippen molar-refractivity contribution >= 4 is 47.8 Å². The van der Waals surface area contributed by atoms with Crippen LogP contribution in [0.1, 0.15) is 156 Å². The predicted octanol–water partition coefficient (Wildman–Crippen LogP) is 6.81. The monoisotopic (exact) mass is 744 g/mol. The zero-order valence-corrected chi connectivity index (χ0v) is 31.9. The molecule has 4 radical (unpaired) electrons. The summed E-state index contributed by atoms with van der Waals surface area (Å²) in [7, 11) is 0. The molecule has 0 N–H and O–H groups in total. The summed E-state index contributed by atoms with van der Waals surface area (Å²) in [5, 5.41) is 19.4. The van der Waals surface area contributed by atoms with E-state index in [4.69, 9.17) is 0 Å². The van der Waals surface area contributed by atoms with Crippen LogP contribution in [0.15, 0.2) is 24.3 Å². The van der Waals surface area contributed by atoms with Crippen molar-refractivity contribution < 1.29 is 38.9 Å².